The first-order chi connectivity index (χ1) is 4.58. The van der Waals surface area contributed by atoms with Crippen LogP contribution in [0.5, 0.6) is 0 Å². The zero-order valence-corrected chi connectivity index (χ0v) is 5.93. The Bertz CT molecular complexity index is 288. The number of nitrogens with zero attached hydrogens (tertiary/aromatic N) is 1. The standard InChI is InChI=1S/C4H7N3O2S/c5-10(8,9)3-4-1-2-6-7-4/h1-2H,3H2,(H,6,7)(H2,5,8,9). The van der Waals surface area contributed by atoms with Gasteiger partial charge < -0.3 is 0 Å². The molecule has 0 aliphatic heterocycles. The average molecular weight is 161 g/mol. The fourth-order valence-corrected chi connectivity index (χ4v) is 1.18. The minimum atomic E-state index is -3.42. The van der Waals surface area contributed by atoms with Crippen molar-refractivity contribution in [1.29, 1.82) is 0 Å². The van der Waals surface area contributed by atoms with Crippen LogP contribution in [0.15, 0.2) is 12.3 Å². The molecule has 6 heteroatoms. The SMILES string of the molecule is NS(=O)(=O)Cc1ccn[nH]1. The molecule has 0 unspecified atom stereocenters. The number of rotatable bonds is 2. The predicted octanol–water partition coefficient (Wildman–Crippen LogP) is -0.802. The molecule has 3 N–H and O–H groups in total. The van der Waals surface area contributed by atoms with Crippen molar-refractivity contribution < 1.29 is 8.42 Å². The summed E-state index contributed by atoms with van der Waals surface area (Å²) in [5.41, 5.74) is 0.502. The summed E-state index contributed by atoms with van der Waals surface area (Å²) in [5, 5.41) is 10.8. The lowest BCUT2D eigenvalue weighted by molar-refractivity contribution is 0.596. The van der Waals surface area contributed by atoms with E-state index in [4.69, 9.17) is 5.14 Å². The molecule has 0 aliphatic rings. The third-order valence-electron chi connectivity index (χ3n) is 0.915. The average Bonchev–Trinajstić information content (AvgIpc) is 2.12. The first kappa shape index (κ1) is 7.23. The van der Waals surface area contributed by atoms with Gasteiger partial charge in [0.15, 0.2) is 0 Å². The monoisotopic (exact) mass is 161 g/mol. The third-order valence-corrected chi connectivity index (χ3v) is 1.63. The van der Waals surface area contributed by atoms with E-state index >= 15 is 0 Å². The van der Waals surface area contributed by atoms with Crippen LogP contribution in [0.3, 0.4) is 0 Å². The summed E-state index contributed by atoms with van der Waals surface area (Å²) in [6.07, 6.45) is 1.47. The molecule has 1 rings (SSSR count). The van der Waals surface area contributed by atoms with Gasteiger partial charge in [-0.1, -0.05) is 0 Å². The Morgan fingerprint density at radius 1 is 1.70 bits per heavy atom. The van der Waals surface area contributed by atoms with Crippen molar-refractivity contribution in [2.45, 2.75) is 5.75 Å². The molecule has 0 amide bonds. The second-order valence-electron chi connectivity index (χ2n) is 1.89. The number of primary sulfonamides is 1. The van der Waals surface area contributed by atoms with Gasteiger partial charge >= 0.3 is 0 Å². The van der Waals surface area contributed by atoms with Crippen LogP contribution in [0.1, 0.15) is 5.69 Å². The van der Waals surface area contributed by atoms with Gasteiger partial charge in [-0.25, -0.2) is 13.6 Å². The molecule has 0 radical (unpaired) electrons. The number of aromatic nitrogens is 2. The van der Waals surface area contributed by atoms with Gasteiger partial charge in [0.25, 0.3) is 0 Å². The molecule has 0 saturated carbocycles. The maximum atomic E-state index is 10.4. The number of H-pyrrole nitrogens is 1. The van der Waals surface area contributed by atoms with Crippen molar-refractivity contribution >= 4 is 10.0 Å². The molecule has 0 aromatic carbocycles. The maximum Gasteiger partial charge on any atom is 0.214 e. The number of aromatic amines is 1. The molecule has 10 heavy (non-hydrogen) atoms. The van der Waals surface area contributed by atoms with E-state index in [1.807, 2.05) is 0 Å². The lowest BCUT2D eigenvalue weighted by Crippen LogP contribution is -2.14. The smallest absolute Gasteiger partial charge is 0.214 e. The van der Waals surface area contributed by atoms with E-state index in [2.05, 4.69) is 10.2 Å². The molecule has 0 aliphatic carbocycles. The topological polar surface area (TPSA) is 88.8 Å². The summed E-state index contributed by atoms with van der Waals surface area (Å²) in [4.78, 5) is 0. The molecule has 0 fully saturated rings. The highest BCUT2D eigenvalue weighted by Gasteiger charge is 2.04. The van der Waals surface area contributed by atoms with Crippen molar-refractivity contribution in [3.8, 4) is 0 Å². The number of hydrogen-bond donors (Lipinski definition) is 2. The van der Waals surface area contributed by atoms with E-state index < -0.39 is 10.0 Å². The Kier molecular flexibility index (Phi) is 1.73. The van der Waals surface area contributed by atoms with Crippen LogP contribution in [-0.2, 0) is 15.8 Å². The second-order valence-corrected chi connectivity index (χ2v) is 3.50. The molecule has 1 aromatic heterocycles. The Labute approximate surface area is 58.3 Å². The van der Waals surface area contributed by atoms with Crippen LogP contribution < -0.4 is 5.14 Å². The van der Waals surface area contributed by atoms with E-state index in [0.29, 0.717) is 5.69 Å². The van der Waals surface area contributed by atoms with Gasteiger partial charge in [-0.15, -0.1) is 0 Å². The van der Waals surface area contributed by atoms with Gasteiger partial charge in [-0.2, -0.15) is 5.10 Å². The van der Waals surface area contributed by atoms with Crippen LogP contribution in [-0.4, -0.2) is 18.6 Å². The fraction of sp³-hybridized carbons (Fsp3) is 0.250. The minimum absolute atomic E-state index is 0.188. The molecule has 5 nitrogen and oxygen atoms in total. The summed E-state index contributed by atoms with van der Waals surface area (Å²) in [7, 11) is -3.42. The van der Waals surface area contributed by atoms with Crippen LogP contribution >= 0.6 is 0 Å². The highest BCUT2D eigenvalue weighted by Crippen LogP contribution is 1.95. The van der Waals surface area contributed by atoms with Crippen LogP contribution in [0.25, 0.3) is 0 Å². The van der Waals surface area contributed by atoms with Crippen LogP contribution in [0.4, 0.5) is 0 Å². The first-order valence-electron chi connectivity index (χ1n) is 2.57. The third kappa shape index (κ3) is 2.16. The van der Waals surface area contributed by atoms with Gasteiger partial charge in [0, 0.05) is 6.20 Å². The Hall–Kier alpha value is -0.880. The van der Waals surface area contributed by atoms with Crippen molar-refractivity contribution in [3.63, 3.8) is 0 Å². The minimum Gasteiger partial charge on any atom is -0.281 e. The molecular weight excluding hydrogens is 154 g/mol. The molecule has 0 atom stereocenters. The first-order valence-corrected chi connectivity index (χ1v) is 4.28. The molecule has 1 heterocycles. The van der Waals surface area contributed by atoms with E-state index in [-0.39, 0.29) is 5.75 Å². The van der Waals surface area contributed by atoms with Gasteiger partial charge in [0.2, 0.25) is 10.0 Å². The predicted molar refractivity (Wildman–Crippen MR) is 35.4 cm³/mol. The normalized spacial score (nSPS) is 11.7. The van der Waals surface area contributed by atoms with E-state index in [1.54, 1.807) is 6.07 Å². The lowest BCUT2D eigenvalue weighted by Gasteiger charge is -1.91. The van der Waals surface area contributed by atoms with E-state index in [0.717, 1.165) is 0 Å². The quantitative estimate of drug-likeness (QED) is 0.595. The molecule has 0 spiro atoms. The van der Waals surface area contributed by atoms with E-state index in [1.165, 1.54) is 6.20 Å². The second kappa shape index (κ2) is 2.39. The summed E-state index contributed by atoms with van der Waals surface area (Å²) in [5.74, 6) is -0.188. The number of hydrogen-bond acceptors (Lipinski definition) is 3. The van der Waals surface area contributed by atoms with Crippen molar-refractivity contribution in [1.82, 2.24) is 10.2 Å². The highest BCUT2D eigenvalue weighted by atomic mass is 32.2. The highest BCUT2D eigenvalue weighted by molar-refractivity contribution is 7.88. The maximum absolute atomic E-state index is 10.4. The zero-order chi connectivity index (χ0) is 7.61. The van der Waals surface area contributed by atoms with Crippen LogP contribution in [0, 0.1) is 0 Å². The molecule has 0 saturated heterocycles. The van der Waals surface area contributed by atoms with Gasteiger partial charge in [0.05, 0.1) is 5.69 Å². The molecule has 0 bridgehead atoms. The number of nitrogens with one attached hydrogen (secondary N) is 1. The van der Waals surface area contributed by atoms with E-state index in [9.17, 15) is 8.42 Å². The number of sulfonamides is 1. The molecule has 56 valence electrons. The Morgan fingerprint density at radius 3 is 2.80 bits per heavy atom. The summed E-state index contributed by atoms with van der Waals surface area (Å²) in [6, 6.07) is 1.56. The summed E-state index contributed by atoms with van der Waals surface area (Å²) >= 11 is 0. The lowest BCUT2D eigenvalue weighted by atomic mass is 10.5. The van der Waals surface area contributed by atoms with Crippen molar-refractivity contribution in [2.75, 3.05) is 0 Å². The largest absolute Gasteiger partial charge is 0.281 e. The molecular formula is C4H7N3O2S. The Morgan fingerprint density at radius 2 is 2.40 bits per heavy atom. The summed E-state index contributed by atoms with van der Waals surface area (Å²) < 4.78 is 20.9. The van der Waals surface area contributed by atoms with Gasteiger partial charge in [-0.3, -0.25) is 5.10 Å². The zero-order valence-electron chi connectivity index (χ0n) is 5.11. The van der Waals surface area contributed by atoms with Crippen molar-refractivity contribution in [3.05, 3.63) is 18.0 Å². The summed E-state index contributed by atoms with van der Waals surface area (Å²) in [6.45, 7) is 0. The van der Waals surface area contributed by atoms with Crippen LogP contribution in [0.2, 0.25) is 0 Å². The Balaban J connectivity index is 2.75. The van der Waals surface area contributed by atoms with Gasteiger partial charge in [-0.05, 0) is 6.07 Å². The number of nitrogens with two attached hydrogens (primary N) is 1. The fourth-order valence-electron chi connectivity index (χ4n) is 0.582. The van der Waals surface area contributed by atoms with Gasteiger partial charge in [0.1, 0.15) is 5.75 Å². The molecule has 1 aromatic rings. The van der Waals surface area contributed by atoms with Crippen molar-refractivity contribution in [2.24, 2.45) is 5.14 Å².